The standard InChI is InChI=1S/C13H13NO2S/c1-8-11(16-9(2)15)13(14)17-12(8)10-6-4-3-5-7-10/h3-7H,14H2,1-2H3. The van der Waals surface area contributed by atoms with E-state index in [4.69, 9.17) is 10.5 Å². The molecular formula is C13H13NO2S. The number of nitrogen functional groups attached to an aromatic ring is 1. The zero-order valence-electron chi connectivity index (χ0n) is 9.69. The van der Waals surface area contributed by atoms with Crippen molar-refractivity contribution in [2.45, 2.75) is 13.8 Å². The lowest BCUT2D eigenvalue weighted by Gasteiger charge is -2.02. The highest BCUT2D eigenvalue weighted by atomic mass is 32.1. The Morgan fingerprint density at radius 3 is 2.53 bits per heavy atom. The molecule has 0 atom stereocenters. The van der Waals surface area contributed by atoms with E-state index in [1.165, 1.54) is 18.3 Å². The minimum Gasteiger partial charge on any atom is -0.423 e. The van der Waals surface area contributed by atoms with Crippen molar-refractivity contribution in [1.29, 1.82) is 0 Å². The number of esters is 1. The van der Waals surface area contributed by atoms with Gasteiger partial charge < -0.3 is 10.5 Å². The van der Waals surface area contributed by atoms with Crippen LogP contribution in [-0.4, -0.2) is 5.97 Å². The van der Waals surface area contributed by atoms with E-state index < -0.39 is 0 Å². The first-order valence-electron chi connectivity index (χ1n) is 5.22. The van der Waals surface area contributed by atoms with Crippen LogP contribution in [0.25, 0.3) is 10.4 Å². The Balaban J connectivity index is 2.48. The molecule has 2 aromatic rings. The molecule has 2 N–H and O–H groups in total. The highest BCUT2D eigenvalue weighted by Crippen LogP contribution is 2.43. The number of nitrogens with two attached hydrogens (primary N) is 1. The van der Waals surface area contributed by atoms with Crippen LogP contribution in [0.15, 0.2) is 30.3 Å². The number of thiophene rings is 1. The smallest absolute Gasteiger partial charge is 0.308 e. The minimum absolute atomic E-state index is 0.350. The molecule has 3 nitrogen and oxygen atoms in total. The summed E-state index contributed by atoms with van der Waals surface area (Å²) >= 11 is 1.44. The fraction of sp³-hybridized carbons (Fsp3) is 0.154. The maximum Gasteiger partial charge on any atom is 0.308 e. The average Bonchev–Trinajstić information content (AvgIpc) is 2.58. The van der Waals surface area contributed by atoms with E-state index in [-0.39, 0.29) is 5.97 Å². The molecule has 17 heavy (non-hydrogen) atoms. The van der Waals surface area contributed by atoms with Crippen molar-refractivity contribution >= 4 is 22.3 Å². The molecule has 2 rings (SSSR count). The molecule has 1 aromatic heterocycles. The maximum absolute atomic E-state index is 11.0. The van der Waals surface area contributed by atoms with Crippen LogP contribution in [0.1, 0.15) is 12.5 Å². The van der Waals surface area contributed by atoms with E-state index in [0.29, 0.717) is 10.8 Å². The molecule has 0 amide bonds. The number of carbonyl (C=O) groups excluding carboxylic acids is 1. The summed E-state index contributed by atoms with van der Waals surface area (Å²) in [7, 11) is 0. The van der Waals surface area contributed by atoms with Crippen molar-refractivity contribution in [2.24, 2.45) is 0 Å². The molecule has 0 saturated heterocycles. The summed E-state index contributed by atoms with van der Waals surface area (Å²) in [6.45, 7) is 3.28. The quantitative estimate of drug-likeness (QED) is 0.829. The van der Waals surface area contributed by atoms with Crippen molar-refractivity contribution in [2.75, 3.05) is 5.73 Å². The third kappa shape index (κ3) is 2.31. The fourth-order valence-corrected chi connectivity index (χ4v) is 2.66. The molecular weight excluding hydrogens is 234 g/mol. The van der Waals surface area contributed by atoms with Gasteiger partial charge in [-0.05, 0) is 12.5 Å². The zero-order chi connectivity index (χ0) is 12.4. The Morgan fingerprint density at radius 1 is 1.29 bits per heavy atom. The molecule has 0 aliphatic carbocycles. The summed E-state index contributed by atoms with van der Waals surface area (Å²) in [5.74, 6) is 0.138. The fourth-order valence-electron chi connectivity index (χ4n) is 1.66. The molecule has 0 unspecified atom stereocenters. The van der Waals surface area contributed by atoms with E-state index in [2.05, 4.69) is 0 Å². The Morgan fingerprint density at radius 2 is 1.94 bits per heavy atom. The third-order valence-corrected chi connectivity index (χ3v) is 3.55. The van der Waals surface area contributed by atoms with Crippen LogP contribution in [0, 0.1) is 6.92 Å². The number of ether oxygens (including phenoxy) is 1. The first-order chi connectivity index (χ1) is 8.09. The van der Waals surface area contributed by atoms with Crippen LogP contribution in [0.4, 0.5) is 5.00 Å². The summed E-state index contributed by atoms with van der Waals surface area (Å²) in [6, 6.07) is 9.92. The summed E-state index contributed by atoms with van der Waals surface area (Å²) in [5.41, 5.74) is 7.86. The van der Waals surface area contributed by atoms with Crippen LogP contribution < -0.4 is 10.5 Å². The van der Waals surface area contributed by atoms with Gasteiger partial charge in [0.05, 0.1) is 0 Å². The highest BCUT2D eigenvalue weighted by Gasteiger charge is 2.16. The summed E-state index contributed by atoms with van der Waals surface area (Å²) in [4.78, 5) is 12.0. The molecule has 88 valence electrons. The highest BCUT2D eigenvalue weighted by molar-refractivity contribution is 7.19. The molecule has 1 heterocycles. The Bertz CT molecular complexity index is 546. The molecule has 0 bridgehead atoms. The predicted molar refractivity (Wildman–Crippen MR) is 70.2 cm³/mol. The number of hydrogen-bond donors (Lipinski definition) is 1. The number of hydrogen-bond acceptors (Lipinski definition) is 4. The van der Waals surface area contributed by atoms with Gasteiger partial charge >= 0.3 is 5.97 Å². The number of carbonyl (C=O) groups is 1. The molecule has 0 saturated carbocycles. The number of benzene rings is 1. The Kier molecular flexibility index (Phi) is 3.15. The van der Waals surface area contributed by atoms with Crippen LogP contribution >= 0.6 is 11.3 Å². The lowest BCUT2D eigenvalue weighted by atomic mass is 10.1. The van der Waals surface area contributed by atoms with Crippen LogP contribution in [-0.2, 0) is 4.79 Å². The normalized spacial score (nSPS) is 10.2. The van der Waals surface area contributed by atoms with Gasteiger partial charge in [-0.1, -0.05) is 30.3 Å². The molecule has 0 radical (unpaired) electrons. The van der Waals surface area contributed by atoms with Gasteiger partial charge in [-0.3, -0.25) is 4.79 Å². The molecule has 0 aliphatic heterocycles. The van der Waals surface area contributed by atoms with E-state index in [9.17, 15) is 4.79 Å². The van der Waals surface area contributed by atoms with Crippen LogP contribution in [0.2, 0.25) is 0 Å². The van der Waals surface area contributed by atoms with Gasteiger partial charge in [0.15, 0.2) is 5.75 Å². The van der Waals surface area contributed by atoms with E-state index in [1.807, 2.05) is 37.3 Å². The zero-order valence-corrected chi connectivity index (χ0v) is 10.5. The van der Waals surface area contributed by atoms with Gasteiger partial charge in [0.1, 0.15) is 5.00 Å². The largest absolute Gasteiger partial charge is 0.423 e. The molecule has 4 heteroatoms. The third-order valence-electron chi connectivity index (χ3n) is 2.40. The van der Waals surface area contributed by atoms with Gasteiger partial charge in [-0.25, -0.2) is 0 Å². The summed E-state index contributed by atoms with van der Waals surface area (Å²) in [6.07, 6.45) is 0. The maximum atomic E-state index is 11.0. The second-order valence-electron chi connectivity index (χ2n) is 3.71. The SMILES string of the molecule is CC(=O)Oc1c(N)sc(-c2ccccc2)c1C. The lowest BCUT2D eigenvalue weighted by Crippen LogP contribution is -2.03. The van der Waals surface area contributed by atoms with E-state index in [0.717, 1.165) is 16.0 Å². The van der Waals surface area contributed by atoms with Gasteiger partial charge in [0.25, 0.3) is 0 Å². The molecule has 0 spiro atoms. The lowest BCUT2D eigenvalue weighted by molar-refractivity contribution is -0.131. The van der Waals surface area contributed by atoms with Gasteiger partial charge in [0, 0.05) is 17.4 Å². The average molecular weight is 247 g/mol. The topological polar surface area (TPSA) is 52.3 Å². The molecule has 1 aromatic carbocycles. The summed E-state index contributed by atoms with van der Waals surface area (Å²) in [5, 5.41) is 0.538. The molecule has 0 fully saturated rings. The van der Waals surface area contributed by atoms with Gasteiger partial charge in [0.2, 0.25) is 0 Å². The second-order valence-corrected chi connectivity index (χ2v) is 4.76. The van der Waals surface area contributed by atoms with Crippen molar-refractivity contribution in [1.82, 2.24) is 0 Å². The monoisotopic (exact) mass is 247 g/mol. The Labute approximate surface area is 104 Å². The number of rotatable bonds is 2. The van der Waals surface area contributed by atoms with E-state index in [1.54, 1.807) is 0 Å². The Hall–Kier alpha value is -1.81. The number of anilines is 1. The predicted octanol–water partition coefficient (Wildman–Crippen LogP) is 3.23. The van der Waals surface area contributed by atoms with Gasteiger partial charge in [-0.15, -0.1) is 11.3 Å². The first-order valence-corrected chi connectivity index (χ1v) is 6.04. The van der Waals surface area contributed by atoms with Crippen molar-refractivity contribution < 1.29 is 9.53 Å². The first kappa shape index (κ1) is 11.7. The van der Waals surface area contributed by atoms with Crippen LogP contribution in [0.3, 0.4) is 0 Å². The second kappa shape index (κ2) is 4.59. The van der Waals surface area contributed by atoms with E-state index >= 15 is 0 Å². The minimum atomic E-state index is -0.350. The van der Waals surface area contributed by atoms with Crippen molar-refractivity contribution in [3.63, 3.8) is 0 Å². The van der Waals surface area contributed by atoms with Crippen LogP contribution in [0.5, 0.6) is 5.75 Å². The van der Waals surface area contributed by atoms with Crippen molar-refractivity contribution in [3.05, 3.63) is 35.9 Å². The molecule has 0 aliphatic rings. The van der Waals surface area contributed by atoms with Crippen molar-refractivity contribution in [3.8, 4) is 16.2 Å². The summed E-state index contributed by atoms with van der Waals surface area (Å²) < 4.78 is 5.12. The van der Waals surface area contributed by atoms with Gasteiger partial charge in [-0.2, -0.15) is 0 Å².